The second-order valence-electron chi connectivity index (χ2n) is 8.21. The van der Waals surface area contributed by atoms with Gasteiger partial charge in [-0.3, -0.25) is 9.59 Å². The Kier molecular flexibility index (Phi) is 6.04. The summed E-state index contributed by atoms with van der Waals surface area (Å²) in [6, 6.07) is 4.54. The fraction of sp³-hybridized carbons (Fsp3) is 0.500. The molecule has 0 N–H and O–H groups in total. The molecule has 0 bridgehead atoms. The molecule has 2 nitrogen and oxygen atoms in total. The summed E-state index contributed by atoms with van der Waals surface area (Å²) in [5.74, 6) is -0.260. The summed E-state index contributed by atoms with van der Waals surface area (Å²) in [5, 5.41) is 0. The van der Waals surface area contributed by atoms with Gasteiger partial charge in [-0.25, -0.2) is 0 Å². The summed E-state index contributed by atoms with van der Waals surface area (Å²) in [5.41, 5.74) is -1.12. The second kappa shape index (κ2) is 7.14. The highest BCUT2D eigenvalue weighted by atomic mass is 19.4. The third-order valence-electron chi connectivity index (χ3n) is 3.82. The summed E-state index contributed by atoms with van der Waals surface area (Å²) in [7, 11) is 0. The lowest BCUT2D eigenvalue weighted by Gasteiger charge is -2.20. The van der Waals surface area contributed by atoms with E-state index in [1.165, 1.54) is 18.2 Å². The van der Waals surface area contributed by atoms with Crippen LogP contribution in [0.4, 0.5) is 13.2 Å². The van der Waals surface area contributed by atoms with E-state index in [9.17, 15) is 22.8 Å². The maximum atomic E-state index is 12.7. The minimum absolute atomic E-state index is 0.00329. The summed E-state index contributed by atoms with van der Waals surface area (Å²) < 4.78 is 38.2. The van der Waals surface area contributed by atoms with E-state index < -0.39 is 22.6 Å². The van der Waals surface area contributed by atoms with Gasteiger partial charge in [0, 0.05) is 17.3 Å². The summed E-state index contributed by atoms with van der Waals surface area (Å²) >= 11 is 0. The fourth-order valence-electron chi connectivity index (χ4n) is 1.92. The molecule has 0 aliphatic heterocycles. The zero-order valence-electron chi connectivity index (χ0n) is 15.5. The van der Waals surface area contributed by atoms with Crippen molar-refractivity contribution in [2.75, 3.05) is 0 Å². The maximum Gasteiger partial charge on any atom is 0.416 e. The number of carbonyl (C=O) groups is 2. The Bertz CT molecular complexity index is 667. The maximum absolute atomic E-state index is 12.7. The molecule has 0 heterocycles. The van der Waals surface area contributed by atoms with Crippen molar-refractivity contribution in [2.24, 2.45) is 10.8 Å². The first kappa shape index (κ1) is 21.1. The van der Waals surface area contributed by atoms with Crippen LogP contribution in [0.1, 0.15) is 59.1 Å². The van der Waals surface area contributed by atoms with Gasteiger partial charge in [0.2, 0.25) is 0 Å². The number of benzene rings is 1. The highest BCUT2D eigenvalue weighted by Crippen LogP contribution is 2.32. The van der Waals surface area contributed by atoms with Crippen molar-refractivity contribution in [1.29, 1.82) is 0 Å². The van der Waals surface area contributed by atoms with Crippen molar-refractivity contribution >= 4 is 17.1 Å². The molecule has 25 heavy (non-hydrogen) atoms. The van der Waals surface area contributed by atoms with Crippen LogP contribution in [0.2, 0.25) is 0 Å². The molecule has 1 aromatic rings. The zero-order valence-corrected chi connectivity index (χ0v) is 15.5. The van der Waals surface area contributed by atoms with Crippen molar-refractivity contribution in [3.05, 3.63) is 41.5 Å². The minimum Gasteiger partial charge on any atom is -0.299 e. The van der Waals surface area contributed by atoms with Crippen LogP contribution in [0, 0.1) is 10.8 Å². The number of ketones is 2. The average Bonchev–Trinajstić information content (AvgIpc) is 2.43. The van der Waals surface area contributed by atoms with Gasteiger partial charge in [-0.1, -0.05) is 53.7 Å². The van der Waals surface area contributed by atoms with Crippen molar-refractivity contribution in [1.82, 2.24) is 0 Å². The van der Waals surface area contributed by atoms with Gasteiger partial charge >= 0.3 is 6.18 Å². The molecule has 0 fully saturated rings. The van der Waals surface area contributed by atoms with Gasteiger partial charge in [0.25, 0.3) is 0 Å². The molecular formula is C20H25F3O2. The third kappa shape index (κ3) is 6.15. The van der Waals surface area contributed by atoms with Gasteiger partial charge in [0.05, 0.1) is 5.56 Å². The highest BCUT2D eigenvalue weighted by molar-refractivity contribution is 6.04. The lowest BCUT2D eigenvalue weighted by atomic mass is 9.83. The normalized spacial score (nSPS) is 13.7. The molecule has 0 unspecified atom stereocenters. The number of rotatable bonds is 4. The SMILES string of the molecule is CC(C)(C)C(=O)/C=C(\CC(=O)C(C)(C)C)c1ccc(C(F)(F)F)cc1. The zero-order chi connectivity index (χ0) is 19.6. The van der Waals surface area contributed by atoms with E-state index in [0.29, 0.717) is 11.1 Å². The van der Waals surface area contributed by atoms with Crippen LogP contribution in [0.3, 0.4) is 0 Å². The molecule has 1 rings (SSSR count). The molecule has 0 aromatic heterocycles. The Morgan fingerprint density at radius 1 is 0.880 bits per heavy atom. The lowest BCUT2D eigenvalue weighted by Crippen LogP contribution is -2.22. The Morgan fingerprint density at radius 3 is 1.72 bits per heavy atom. The largest absolute Gasteiger partial charge is 0.416 e. The molecule has 1 aromatic carbocycles. The topological polar surface area (TPSA) is 34.1 Å². The van der Waals surface area contributed by atoms with Gasteiger partial charge in [0.1, 0.15) is 5.78 Å². The molecule has 0 atom stereocenters. The third-order valence-corrected chi connectivity index (χ3v) is 3.82. The smallest absolute Gasteiger partial charge is 0.299 e. The molecule has 0 amide bonds. The van der Waals surface area contributed by atoms with E-state index in [0.717, 1.165) is 12.1 Å². The summed E-state index contributed by atoms with van der Waals surface area (Å²) in [6.07, 6.45) is -3.05. The number of allylic oxidation sites excluding steroid dienone is 2. The second-order valence-corrected chi connectivity index (χ2v) is 8.21. The first-order valence-corrected chi connectivity index (χ1v) is 8.08. The highest BCUT2D eigenvalue weighted by Gasteiger charge is 2.30. The first-order valence-electron chi connectivity index (χ1n) is 8.08. The number of hydrogen-bond acceptors (Lipinski definition) is 2. The number of Topliss-reactive ketones (excluding diaryl/α,β-unsaturated/α-hetero) is 1. The van der Waals surface area contributed by atoms with Crippen molar-refractivity contribution in [3.63, 3.8) is 0 Å². The number of carbonyl (C=O) groups excluding carboxylic acids is 2. The Labute approximate surface area is 147 Å². The molecule has 5 heteroatoms. The van der Waals surface area contributed by atoms with Crippen LogP contribution >= 0.6 is 0 Å². The van der Waals surface area contributed by atoms with Crippen LogP contribution in [0.25, 0.3) is 5.57 Å². The van der Waals surface area contributed by atoms with Crippen LogP contribution in [0.5, 0.6) is 0 Å². The number of hydrogen-bond donors (Lipinski definition) is 0. The van der Waals surface area contributed by atoms with E-state index >= 15 is 0 Å². The Morgan fingerprint density at radius 2 is 1.36 bits per heavy atom. The summed E-state index contributed by atoms with van der Waals surface area (Å²) in [4.78, 5) is 24.7. The standard InChI is InChI=1S/C20H25F3O2/c1-18(2,3)16(24)11-14(12-17(25)19(4,5)6)13-7-9-15(10-8-13)20(21,22)23/h7-11H,12H2,1-6H3/b14-11+. The van der Waals surface area contributed by atoms with E-state index in [4.69, 9.17) is 0 Å². The predicted octanol–water partition coefficient (Wildman–Crippen LogP) is 5.71. The number of alkyl halides is 3. The molecule has 0 aliphatic rings. The lowest BCUT2D eigenvalue weighted by molar-refractivity contribution is -0.137. The van der Waals surface area contributed by atoms with Crippen LogP contribution < -0.4 is 0 Å². The van der Waals surface area contributed by atoms with Crippen LogP contribution in [-0.2, 0) is 15.8 Å². The van der Waals surface area contributed by atoms with E-state index in [-0.39, 0.29) is 18.0 Å². The quantitative estimate of drug-likeness (QED) is 0.649. The van der Waals surface area contributed by atoms with E-state index in [1.54, 1.807) is 41.5 Å². The molecular weight excluding hydrogens is 329 g/mol. The van der Waals surface area contributed by atoms with Crippen LogP contribution in [0.15, 0.2) is 30.3 Å². The average molecular weight is 354 g/mol. The fourth-order valence-corrected chi connectivity index (χ4v) is 1.92. The Hall–Kier alpha value is -1.91. The van der Waals surface area contributed by atoms with Gasteiger partial charge < -0.3 is 0 Å². The van der Waals surface area contributed by atoms with E-state index in [1.807, 2.05) is 0 Å². The molecule has 0 spiro atoms. The van der Waals surface area contributed by atoms with Gasteiger partial charge in [-0.15, -0.1) is 0 Å². The van der Waals surface area contributed by atoms with Crippen molar-refractivity contribution in [3.8, 4) is 0 Å². The van der Waals surface area contributed by atoms with Crippen molar-refractivity contribution in [2.45, 2.75) is 54.1 Å². The minimum atomic E-state index is -4.43. The number of halogens is 3. The van der Waals surface area contributed by atoms with Crippen molar-refractivity contribution < 1.29 is 22.8 Å². The molecule has 138 valence electrons. The summed E-state index contributed by atoms with van der Waals surface area (Å²) in [6.45, 7) is 10.6. The molecule has 0 saturated carbocycles. The molecule has 0 aliphatic carbocycles. The van der Waals surface area contributed by atoms with E-state index in [2.05, 4.69) is 0 Å². The predicted molar refractivity (Wildman–Crippen MR) is 93.0 cm³/mol. The van der Waals surface area contributed by atoms with Gasteiger partial charge in [-0.05, 0) is 29.3 Å². The molecule has 0 radical (unpaired) electrons. The Balaban J connectivity index is 3.30. The van der Waals surface area contributed by atoms with Gasteiger partial charge in [-0.2, -0.15) is 13.2 Å². The van der Waals surface area contributed by atoms with Crippen LogP contribution in [-0.4, -0.2) is 11.6 Å². The van der Waals surface area contributed by atoms with Gasteiger partial charge in [0.15, 0.2) is 5.78 Å². The first-order chi connectivity index (χ1) is 11.1. The monoisotopic (exact) mass is 354 g/mol. The molecule has 0 saturated heterocycles.